The molecular weight excluding hydrogens is 334 g/mol. The molecule has 25 heavy (non-hydrogen) atoms. The van der Waals surface area contributed by atoms with E-state index in [1.807, 2.05) is 61.5 Å². The summed E-state index contributed by atoms with van der Waals surface area (Å²) in [4.78, 5) is 12.8. The summed E-state index contributed by atoms with van der Waals surface area (Å²) in [7, 11) is 0. The first-order valence-corrected chi connectivity index (χ1v) is 8.93. The number of hydrogen-bond acceptors (Lipinski definition) is 4. The number of amides is 1. The molecule has 1 heterocycles. The van der Waals surface area contributed by atoms with Gasteiger partial charge in [0.15, 0.2) is 6.61 Å². The van der Waals surface area contributed by atoms with Gasteiger partial charge < -0.3 is 15.2 Å². The van der Waals surface area contributed by atoms with E-state index in [4.69, 9.17) is 4.74 Å². The van der Waals surface area contributed by atoms with Crippen molar-refractivity contribution in [3.8, 4) is 5.75 Å². The first-order valence-electron chi connectivity index (χ1n) is 8.12. The minimum Gasteiger partial charge on any atom is -0.484 e. The minimum atomic E-state index is -1.12. The van der Waals surface area contributed by atoms with Crippen molar-refractivity contribution in [2.75, 3.05) is 13.2 Å². The van der Waals surface area contributed by atoms with E-state index >= 15 is 0 Å². The van der Waals surface area contributed by atoms with E-state index in [1.165, 1.54) is 11.3 Å². The standard InChI is InChI=1S/C20H21NO3S/c1-14-7-9-16(10-8-14)24-12-19(22)21-13-20(2,23)18-11-15-5-3-4-6-17(15)25-18/h3-11,23H,12-13H2,1-2H3,(H,21,22). The van der Waals surface area contributed by atoms with Crippen molar-refractivity contribution in [1.82, 2.24) is 5.32 Å². The lowest BCUT2D eigenvalue weighted by Crippen LogP contribution is -2.40. The van der Waals surface area contributed by atoms with E-state index in [9.17, 15) is 9.90 Å². The van der Waals surface area contributed by atoms with Crippen molar-refractivity contribution in [2.45, 2.75) is 19.4 Å². The largest absolute Gasteiger partial charge is 0.484 e. The third-order valence-electron chi connectivity index (χ3n) is 3.98. The highest BCUT2D eigenvalue weighted by molar-refractivity contribution is 7.19. The zero-order chi connectivity index (χ0) is 17.9. The second kappa shape index (κ2) is 7.25. The van der Waals surface area contributed by atoms with Crippen LogP contribution < -0.4 is 10.1 Å². The monoisotopic (exact) mass is 355 g/mol. The average Bonchev–Trinajstić information content (AvgIpc) is 3.05. The quantitative estimate of drug-likeness (QED) is 0.710. The van der Waals surface area contributed by atoms with Crippen LogP contribution in [0.4, 0.5) is 0 Å². The van der Waals surface area contributed by atoms with Crippen LogP contribution in [0.5, 0.6) is 5.75 Å². The molecule has 1 aromatic heterocycles. The fourth-order valence-corrected chi connectivity index (χ4v) is 3.55. The maximum Gasteiger partial charge on any atom is 0.258 e. The van der Waals surface area contributed by atoms with E-state index in [-0.39, 0.29) is 19.1 Å². The van der Waals surface area contributed by atoms with Gasteiger partial charge in [0.1, 0.15) is 11.4 Å². The first-order chi connectivity index (χ1) is 11.9. The van der Waals surface area contributed by atoms with Gasteiger partial charge in [0.25, 0.3) is 5.91 Å². The van der Waals surface area contributed by atoms with Crippen LogP contribution in [0.2, 0.25) is 0 Å². The van der Waals surface area contributed by atoms with Gasteiger partial charge in [-0.1, -0.05) is 35.9 Å². The zero-order valence-corrected chi connectivity index (χ0v) is 15.1. The summed E-state index contributed by atoms with van der Waals surface area (Å²) in [6, 6.07) is 17.5. The molecule has 0 aliphatic carbocycles. The average molecular weight is 355 g/mol. The van der Waals surface area contributed by atoms with Crippen LogP contribution in [0, 0.1) is 6.92 Å². The Morgan fingerprint density at radius 1 is 1.20 bits per heavy atom. The van der Waals surface area contributed by atoms with Gasteiger partial charge in [-0.25, -0.2) is 0 Å². The fourth-order valence-electron chi connectivity index (χ4n) is 2.44. The second-order valence-corrected chi connectivity index (χ2v) is 7.38. The van der Waals surface area contributed by atoms with Gasteiger partial charge in [0.05, 0.1) is 6.54 Å². The van der Waals surface area contributed by atoms with Crippen LogP contribution in [0.25, 0.3) is 10.1 Å². The van der Waals surface area contributed by atoms with Gasteiger partial charge in [0.2, 0.25) is 0 Å². The summed E-state index contributed by atoms with van der Waals surface area (Å²) in [6.45, 7) is 3.76. The number of hydrogen-bond donors (Lipinski definition) is 2. The summed E-state index contributed by atoms with van der Waals surface area (Å²) in [5.74, 6) is 0.388. The fraction of sp³-hybridized carbons (Fsp3) is 0.250. The molecule has 0 fully saturated rings. The van der Waals surface area contributed by atoms with Crippen molar-refractivity contribution in [2.24, 2.45) is 0 Å². The number of benzene rings is 2. The van der Waals surface area contributed by atoms with Crippen LogP contribution in [0.3, 0.4) is 0 Å². The molecular formula is C20H21NO3S. The molecule has 2 N–H and O–H groups in total. The minimum absolute atomic E-state index is 0.0778. The number of thiophene rings is 1. The third-order valence-corrected chi connectivity index (χ3v) is 5.35. The Kier molecular flexibility index (Phi) is 5.06. The number of aryl methyl sites for hydroxylation is 1. The number of fused-ring (bicyclic) bond motifs is 1. The summed E-state index contributed by atoms with van der Waals surface area (Å²) in [6.07, 6.45) is 0. The smallest absolute Gasteiger partial charge is 0.258 e. The molecule has 0 radical (unpaired) electrons. The molecule has 0 saturated heterocycles. The van der Waals surface area contributed by atoms with Gasteiger partial charge in [0, 0.05) is 9.58 Å². The Morgan fingerprint density at radius 3 is 2.64 bits per heavy atom. The maximum atomic E-state index is 12.0. The van der Waals surface area contributed by atoms with Crippen LogP contribution in [0.15, 0.2) is 54.6 Å². The van der Waals surface area contributed by atoms with E-state index in [1.54, 1.807) is 6.92 Å². The summed E-state index contributed by atoms with van der Waals surface area (Å²) in [5, 5.41) is 14.5. The molecule has 5 heteroatoms. The Bertz CT molecular complexity index is 835. The normalized spacial score (nSPS) is 13.4. The Hall–Kier alpha value is -2.37. The number of ether oxygens (including phenoxy) is 1. The van der Waals surface area contributed by atoms with Crippen molar-refractivity contribution in [1.29, 1.82) is 0 Å². The van der Waals surface area contributed by atoms with E-state index in [2.05, 4.69) is 5.32 Å². The zero-order valence-electron chi connectivity index (χ0n) is 14.3. The highest BCUT2D eigenvalue weighted by Crippen LogP contribution is 2.32. The van der Waals surface area contributed by atoms with Gasteiger partial charge in [-0.15, -0.1) is 11.3 Å². The molecule has 0 saturated carbocycles. The molecule has 0 bridgehead atoms. The van der Waals surface area contributed by atoms with E-state index in [0.29, 0.717) is 5.75 Å². The number of carbonyl (C=O) groups excluding carboxylic acids is 1. The Labute approximate surface area is 151 Å². The van der Waals surface area contributed by atoms with Crippen LogP contribution in [-0.2, 0) is 10.4 Å². The summed E-state index contributed by atoms with van der Waals surface area (Å²) >= 11 is 1.53. The molecule has 3 aromatic rings. The molecule has 0 aliphatic heterocycles. The Balaban J connectivity index is 1.55. The lowest BCUT2D eigenvalue weighted by molar-refractivity contribution is -0.124. The van der Waals surface area contributed by atoms with E-state index in [0.717, 1.165) is 20.5 Å². The maximum absolute atomic E-state index is 12.0. The van der Waals surface area contributed by atoms with Crippen LogP contribution >= 0.6 is 11.3 Å². The highest BCUT2D eigenvalue weighted by Gasteiger charge is 2.26. The van der Waals surface area contributed by atoms with Crippen molar-refractivity contribution in [3.05, 3.63) is 65.0 Å². The topological polar surface area (TPSA) is 58.6 Å². The van der Waals surface area contributed by atoms with Crippen LogP contribution in [0.1, 0.15) is 17.4 Å². The molecule has 0 aliphatic rings. The molecule has 1 atom stereocenters. The van der Waals surface area contributed by atoms with Crippen LogP contribution in [-0.4, -0.2) is 24.2 Å². The van der Waals surface area contributed by atoms with Crippen molar-refractivity contribution in [3.63, 3.8) is 0 Å². The van der Waals surface area contributed by atoms with Gasteiger partial charge in [-0.05, 0) is 43.5 Å². The predicted octanol–water partition coefficient (Wildman–Crippen LogP) is 3.61. The molecule has 3 rings (SSSR count). The number of nitrogens with one attached hydrogen (secondary N) is 1. The van der Waals surface area contributed by atoms with Gasteiger partial charge >= 0.3 is 0 Å². The second-order valence-electron chi connectivity index (χ2n) is 6.30. The number of aliphatic hydroxyl groups is 1. The lowest BCUT2D eigenvalue weighted by Gasteiger charge is -2.22. The van der Waals surface area contributed by atoms with Gasteiger partial charge in [-0.3, -0.25) is 4.79 Å². The van der Waals surface area contributed by atoms with E-state index < -0.39 is 5.60 Å². The lowest BCUT2D eigenvalue weighted by atomic mass is 10.0. The molecule has 0 spiro atoms. The SMILES string of the molecule is Cc1ccc(OCC(=O)NCC(C)(O)c2cc3ccccc3s2)cc1. The Morgan fingerprint density at radius 2 is 1.92 bits per heavy atom. The summed E-state index contributed by atoms with van der Waals surface area (Å²) < 4.78 is 6.57. The predicted molar refractivity (Wildman–Crippen MR) is 101 cm³/mol. The third kappa shape index (κ3) is 4.38. The molecule has 130 valence electrons. The first kappa shape index (κ1) is 17.5. The van der Waals surface area contributed by atoms with Crippen molar-refractivity contribution >= 4 is 27.3 Å². The molecule has 2 aromatic carbocycles. The molecule has 4 nitrogen and oxygen atoms in total. The van der Waals surface area contributed by atoms with Gasteiger partial charge in [-0.2, -0.15) is 0 Å². The molecule has 1 amide bonds. The summed E-state index contributed by atoms with van der Waals surface area (Å²) in [5.41, 5.74) is 0.0135. The number of rotatable bonds is 6. The van der Waals surface area contributed by atoms with Crippen molar-refractivity contribution < 1.29 is 14.6 Å². The number of carbonyl (C=O) groups is 1. The highest BCUT2D eigenvalue weighted by atomic mass is 32.1. The molecule has 1 unspecified atom stereocenters.